The first-order valence-electron chi connectivity index (χ1n) is 6.76. The van der Waals surface area contributed by atoms with Crippen molar-refractivity contribution in [2.45, 2.75) is 43.6 Å². The van der Waals surface area contributed by atoms with E-state index in [0.717, 1.165) is 18.3 Å². The van der Waals surface area contributed by atoms with Gasteiger partial charge in [0.05, 0.1) is 0 Å². The summed E-state index contributed by atoms with van der Waals surface area (Å²) in [4.78, 5) is 6.50. The molecule has 7 heteroatoms. The van der Waals surface area contributed by atoms with Crippen LogP contribution in [0.2, 0.25) is 0 Å². The number of hydrogen-bond donors (Lipinski definition) is 3. The molecule has 0 aliphatic carbocycles. The van der Waals surface area contributed by atoms with Gasteiger partial charge in [0.15, 0.2) is 5.17 Å². The summed E-state index contributed by atoms with van der Waals surface area (Å²) >= 11 is 1.53. The number of thioether (sulfide) groups is 1. The molecule has 2 heterocycles. The number of aliphatic hydroxyl groups excluding tert-OH is 2. The quantitative estimate of drug-likeness (QED) is 0.646. The van der Waals surface area contributed by atoms with Crippen LogP contribution in [0.25, 0.3) is 0 Å². The normalized spacial score (nSPS) is 37.9. The Kier molecular flexibility index (Phi) is 5.08. The van der Waals surface area contributed by atoms with Crippen LogP contribution >= 0.6 is 11.8 Å². The lowest BCUT2D eigenvalue weighted by Gasteiger charge is -2.38. The van der Waals surface area contributed by atoms with Crippen LogP contribution in [0.4, 0.5) is 0 Å². The van der Waals surface area contributed by atoms with Crippen molar-refractivity contribution in [1.29, 1.82) is 0 Å². The zero-order valence-electron chi connectivity index (χ0n) is 11.6. The minimum Gasteiger partial charge on any atom is -0.388 e. The Balaban J connectivity index is 2.04. The van der Waals surface area contributed by atoms with E-state index in [4.69, 9.17) is 4.74 Å². The fourth-order valence-electron chi connectivity index (χ4n) is 2.19. The smallest absolute Gasteiger partial charge is 0.162 e. The summed E-state index contributed by atoms with van der Waals surface area (Å²) in [5.74, 6) is 0. The van der Waals surface area contributed by atoms with E-state index in [1.165, 1.54) is 11.8 Å². The molecule has 0 aromatic heterocycles. The predicted molar refractivity (Wildman–Crippen MR) is 76.3 cm³/mol. The van der Waals surface area contributed by atoms with E-state index < -0.39 is 12.2 Å². The first-order chi connectivity index (χ1) is 9.08. The molecule has 1 fully saturated rings. The molecule has 2 aliphatic heterocycles. The van der Waals surface area contributed by atoms with Crippen LogP contribution in [-0.2, 0) is 4.74 Å². The fraction of sp³-hybridized carbons (Fsp3) is 0.917. The second-order valence-corrected chi connectivity index (χ2v) is 5.93. The number of aliphatic hydroxyl groups is 2. The maximum absolute atomic E-state index is 10.2. The monoisotopic (exact) mass is 289 g/mol. The lowest BCUT2D eigenvalue weighted by atomic mass is 9.98. The van der Waals surface area contributed by atoms with E-state index in [-0.39, 0.29) is 17.6 Å². The molecule has 110 valence electrons. The van der Waals surface area contributed by atoms with Gasteiger partial charge in [-0.25, -0.2) is 0 Å². The molecule has 0 spiro atoms. The van der Waals surface area contributed by atoms with Crippen molar-refractivity contribution in [1.82, 2.24) is 10.2 Å². The Morgan fingerprint density at radius 2 is 2.11 bits per heavy atom. The Morgan fingerprint density at radius 1 is 1.37 bits per heavy atom. The van der Waals surface area contributed by atoms with E-state index in [2.05, 4.69) is 10.3 Å². The van der Waals surface area contributed by atoms with Crippen LogP contribution in [0.5, 0.6) is 0 Å². The van der Waals surface area contributed by atoms with Crippen LogP contribution in [-0.4, -0.2) is 76.8 Å². The maximum Gasteiger partial charge on any atom is 0.162 e. The van der Waals surface area contributed by atoms with Gasteiger partial charge in [-0.2, -0.15) is 0 Å². The predicted octanol–water partition coefficient (Wildman–Crippen LogP) is -0.534. The number of amidine groups is 1. The lowest BCUT2D eigenvalue weighted by molar-refractivity contribution is -0.150. The Morgan fingerprint density at radius 3 is 2.74 bits per heavy atom. The first-order valence-corrected chi connectivity index (χ1v) is 7.64. The van der Waals surface area contributed by atoms with Crippen molar-refractivity contribution in [3.8, 4) is 0 Å². The van der Waals surface area contributed by atoms with Crippen molar-refractivity contribution in [3.05, 3.63) is 0 Å². The Bertz CT molecular complexity index is 342. The number of ether oxygens (including phenoxy) is 1. The van der Waals surface area contributed by atoms with Crippen molar-refractivity contribution in [2.75, 3.05) is 26.7 Å². The second-order valence-electron chi connectivity index (χ2n) is 4.87. The molecule has 0 saturated carbocycles. The summed E-state index contributed by atoms with van der Waals surface area (Å²) < 4.78 is 5.87. The summed E-state index contributed by atoms with van der Waals surface area (Å²) in [6.07, 6.45) is -2.14. The highest BCUT2D eigenvalue weighted by atomic mass is 32.2. The highest BCUT2D eigenvalue weighted by Crippen LogP contribution is 2.36. The van der Waals surface area contributed by atoms with Gasteiger partial charge in [0.1, 0.15) is 29.8 Å². The number of rotatable bonds is 4. The molecule has 0 aromatic rings. The topological polar surface area (TPSA) is 77.3 Å². The summed E-state index contributed by atoms with van der Waals surface area (Å²) in [6.45, 7) is 6.24. The molecule has 2 aliphatic rings. The third-order valence-electron chi connectivity index (χ3n) is 3.55. The third kappa shape index (κ3) is 3.05. The molecule has 5 atom stereocenters. The molecule has 3 N–H and O–H groups in total. The van der Waals surface area contributed by atoms with Crippen molar-refractivity contribution in [2.24, 2.45) is 4.99 Å². The number of hydrogen-bond acceptors (Lipinski definition) is 7. The molecule has 1 saturated heterocycles. The van der Waals surface area contributed by atoms with Gasteiger partial charge in [0, 0.05) is 20.1 Å². The minimum absolute atomic E-state index is 0.203. The molecule has 0 amide bonds. The Labute approximate surface area is 118 Å². The summed E-state index contributed by atoms with van der Waals surface area (Å²) in [6, 6.07) is -0.373. The standard InChI is InChI=1S/C12H23N3O3S/c1-4-13-6-7-9(16)10(17)8-11(18-7)19-12(14-8)15(3)5-2/h7-11,13,16-17H,4-6H2,1-3H3/t7-,8?,9?,10?,11-/m1/s1. The van der Waals surface area contributed by atoms with Crippen molar-refractivity contribution >= 4 is 16.9 Å². The lowest BCUT2D eigenvalue weighted by Crippen LogP contribution is -2.57. The largest absolute Gasteiger partial charge is 0.388 e. The highest BCUT2D eigenvalue weighted by Gasteiger charge is 2.48. The average molecular weight is 289 g/mol. The molecule has 0 bridgehead atoms. The van der Waals surface area contributed by atoms with Gasteiger partial charge in [-0.15, -0.1) is 0 Å². The molecular weight excluding hydrogens is 266 g/mol. The zero-order valence-corrected chi connectivity index (χ0v) is 12.4. The average Bonchev–Trinajstić information content (AvgIpc) is 2.84. The zero-order chi connectivity index (χ0) is 14.0. The van der Waals surface area contributed by atoms with Gasteiger partial charge in [-0.05, 0) is 13.5 Å². The second kappa shape index (κ2) is 6.41. The summed E-state index contributed by atoms with van der Waals surface area (Å²) in [5.41, 5.74) is -0.203. The molecule has 6 nitrogen and oxygen atoms in total. The van der Waals surface area contributed by atoms with Gasteiger partial charge in [-0.1, -0.05) is 18.7 Å². The number of nitrogens with zero attached hydrogens (tertiary/aromatic N) is 2. The SMILES string of the molecule is CCNC[C@H]1O[C@@H]2SC(N(C)CC)=NC2C(O)C1O. The highest BCUT2D eigenvalue weighted by molar-refractivity contribution is 8.14. The molecule has 2 rings (SSSR count). The fourth-order valence-corrected chi connectivity index (χ4v) is 3.45. The molecule has 19 heavy (non-hydrogen) atoms. The van der Waals surface area contributed by atoms with Crippen molar-refractivity contribution < 1.29 is 14.9 Å². The summed E-state index contributed by atoms with van der Waals surface area (Å²) in [5, 5.41) is 24.3. The molecular formula is C12H23N3O3S. The summed E-state index contributed by atoms with van der Waals surface area (Å²) in [7, 11) is 1.96. The van der Waals surface area contributed by atoms with Crippen LogP contribution in [0.1, 0.15) is 13.8 Å². The van der Waals surface area contributed by atoms with Gasteiger partial charge < -0.3 is 25.2 Å². The molecule has 0 aromatic carbocycles. The maximum atomic E-state index is 10.2. The van der Waals surface area contributed by atoms with E-state index >= 15 is 0 Å². The van der Waals surface area contributed by atoms with E-state index in [0.29, 0.717) is 6.54 Å². The van der Waals surface area contributed by atoms with Gasteiger partial charge in [0.25, 0.3) is 0 Å². The Hall–Kier alpha value is -0.340. The van der Waals surface area contributed by atoms with Crippen LogP contribution < -0.4 is 5.32 Å². The number of nitrogens with one attached hydrogen (secondary N) is 1. The van der Waals surface area contributed by atoms with E-state index in [1.54, 1.807) is 0 Å². The molecule has 0 radical (unpaired) electrons. The number of likely N-dealkylation sites (N-methyl/N-ethyl adjacent to an activating group) is 1. The first kappa shape index (κ1) is 15.1. The number of fused-ring (bicyclic) bond motifs is 1. The van der Waals surface area contributed by atoms with E-state index in [9.17, 15) is 10.2 Å². The molecule has 3 unspecified atom stereocenters. The van der Waals surface area contributed by atoms with Gasteiger partial charge >= 0.3 is 0 Å². The van der Waals surface area contributed by atoms with Crippen LogP contribution in [0, 0.1) is 0 Å². The van der Waals surface area contributed by atoms with Crippen LogP contribution in [0.15, 0.2) is 4.99 Å². The van der Waals surface area contributed by atoms with Gasteiger partial charge in [0.2, 0.25) is 0 Å². The minimum atomic E-state index is -0.893. The third-order valence-corrected chi connectivity index (χ3v) is 4.80. The van der Waals surface area contributed by atoms with Crippen molar-refractivity contribution in [3.63, 3.8) is 0 Å². The number of aliphatic imine (C=N–C) groups is 1. The van der Waals surface area contributed by atoms with Gasteiger partial charge in [-0.3, -0.25) is 4.99 Å². The van der Waals surface area contributed by atoms with E-state index in [1.807, 2.05) is 25.8 Å². The van der Waals surface area contributed by atoms with Crippen LogP contribution in [0.3, 0.4) is 0 Å².